The summed E-state index contributed by atoms with van der Waals surface area (Å²) in [5.41, 5.74) is 0. The first-order chi connectivity index (χ1) is 7.88. The summed E-state index contributed by atoms with van der Waals surface area (Å²) in [6.45, 7) is 7.94. The Morgan fingerprint density at radius 1 is 1.25 bits per heavy atom. The molecule has 0 aromatic heterocycles. The molecule has 0 radical (unpaired) electrons. The number of nitrogens with one attached hydrogen (secondary N) is 1. The summed E-state index contributed by atoms with van der Waals surface area (Å²) in [5.74, 6) is 0. The summed E-state index contributed by atoms with van der Waals surface area (Å²) in [6, 6.07) is 0.796. The Morgan fingerprint density at radius 2 is 2.06 bits per heavy atom. The van der Waals surface area contributed by atoms with Crippen LogP contribution in [0.5, 0.6) is 0 Å². The van der Waals surface area contributed by atoms with Gasteiger partial charge in [0.1, 0.15) is 0 Å². The van der Waals surface area contributed by atoms with Crippen molar-refractivity contribution >= 4 is 0 Å². The SMILES string of the molecule is CCOC1CCN(CCC2CCCN2)CC1. The summed E-state index contributed by atoms with van der Waals surface area (Å²) in [7, 11) is 0. The number of ether oxygens (including phenoxy) is 1. The molecule has 2 aliphatic rings. The summed E-state index contributed by atoms with van der Waals surface area (Å²) in [5, 5.41) is 3.57. The van der Waals surface area contributed by atoms with E-state index in [4.69, 9.17) is 4.74 Å². The van der Waals surface area contributed by atoms with Crippen molar-refractivity contribution in [1.29, 1.82) is 0 Å². The van der Waals surface area contributed by atoms with Gasteiger partial charge in [-0.2, -0.15) is 0 Å². The molecule has 2 rings (SSSR count). The van der Waals surface area contributed by atoms with Crippen LogP contribution in [0.3, 0.4) is 0 Å². The largest absolute Gasteiger partial charge is 0.378 e. The van der Waals surface area contributed by atoms with Gasteiger partial charge in [-0.15, -0.1) is 0 Å². The molecule has 1 atom stereocenters. The van der Waals surface area contributed by atoms with Gasteiger partial charge in [0.25, 0.3) is 0 Å². The van der Waals surface area contributed by atoms with Crippen LogP contribution in [0.2, 0.25) is 0 Å². The van der Waals surface area contributed by atoms with Crippen LogP contribution in [0.15, 0.2) is 0 Å². The number of hydrogen-bond acceptors (Lipinski definition) is 3. The maximum absolute atomic E-state index is 5.67. The number of hydrogen-bond donors (Lipinski definition) is 1. The van der Waals surface area contributed by atoms with E-state index in [-0.39, 0.29) is 0 Å². The summed E-state index contributed by atoms with van der Waals surface area (Å²) in [4.78, 5) is 2.61. The molecule has 0 amide bonds. The monoisotopic (exact) mass is 226 g/mol. The highest BCUT2D eigenvalue weighted by atomic mass is 16.5. The zero-order chi connectivity index (χ0) is 11.2. The van der Waals surface area contributed by atoms with Crippen molar-refractivity contribution in [2.24, 2.45) is 0 Å². The Balaban J connectivity index is 1.57. The standard InChI is InChI=1S/C13H26N2O/c1-2-16-13-6-10-15(11-7-13)9-5-12-4-3-8-14-12/h12-14H,2-11H2,1H3. The van der Waals surface area contributed by atoms with Crippen LogP contribution in [0, 0.1) is 0 Å². The van der Waals surface area contributed by atoms with Crippen molar-refractivity contribution in [2.45, 2.75) is 51.2 Å². The number of piperidine rings is 1. The third-order valence-electron chi connectivity index (χ3n) is 3.89. The predicted octanol–water partition coefficient (Wildman–Crippen LogP) is 1.63. The second-order valence-corrected chi connectivity index (χ2v) is 5.08. The zero-order valence-corrected chi connectivity index (χ0v) is 10.6. The first-order valence-electron chi connectivity index (χ1n) is 6.96. The van der Waals surface area contributed by atoms with Gasteiger partial charge in [-0.1, -0.05) is 0 Å². The molecule has 94 valence electrons. The van der Waals surface area contributed by atoms with Crippen molar-refractivity contribution in [3.05, 3.63) is 0 Å². The lowest BCUT2D eigenvalue weighted by Crippen LogP contribution is -2.39. The van der Waals surface area contributed by atoms with Gasteiger partial charge in [0.15, 0.2) is 0 Å². The van der Waals surface area contributed by atoms with Crippen molar-refractivity contribution in [3.8, 4) is 0 Å². The molecule has 0 aromatic carbocycles. The topological polar surface area (TPSA) is 24.5 Å². The quantitative estimate of drug-likeness (QED) is 0.771. The Bertz CT molecular complexity index is 184. The van der Waals surface area contributed by atoms with Gasteiger partial charge in [-0.25, -0.2) is 0 Å². The van der Waals surface area contributed by atoms with E-state index in [0.717, 1.165) is 12.6 Å². The first kappa shape index (κ1) is 12.3. The van der Waals surface area contributed by atoms with Gasteiger partial charge in [-0.3, -0.25) is 0 Å². The molecular weight excluding hydrogens is 200 g/mol. The molecule has 0 aromatic rings. The third-order valence-corrected chi connectivity index (χ3v) is 3.89. The average Bonchev–Trinajstić information content (AvgIpc) is 2.82. The van der Waals surface area contributed by atoms with E-state index in [0.29, 0.717) is 6.10 Å². The van der Waals surface area contributed by atoms with Crippen LogP contribution < -0.4 is 5.32 Å². The van der Waals surface area contributed by atoms with E-state index in [1.165, 1.54) is 58.3 Å². The van der Waals surface area contributed by atoms with Gasteiger partial charge in [0.2, 0.25) is 0 Å². The van der Waals surface area contributed by atoms with Crippen LogP contribution in [0.25, 0.3) is 0 Å². The Morgan fingerprint density at radius 3 is 2.69 bits per heavy atom. The summed E-state index contributed by atoms with van der Waals surface area (Å²) >= 11 is 0. The molecular formula is C13H26N2O. The second kappa shape index (κ2) is 6.58. The Hall–Kier alpha value is -0.120. The minimum Gasteiger partial charge on any atom is -0.378 e. The Labute approximate surface area is 99.5 Å². The molecule has 3 heteroatoms. The van der Waals surface area contributed by atoms with Gasteiger partial charge < -0.3 is 15.0 Å². The highest BCUT2D eigenvalue weighted by Crippen LogP contribution is 2.15. The van der Waals surface area contributed by atoms with Crippen LogP contribution in [-0.4, -0.2) is 49.8 Å². The average molecular weight is 226 g/mol. The van der Waals surface area contributed by atoms with E-state index in [1.807, 2.05) is 0 Å². The van der Waals surface area contributed by atoms with Crippen LogP contribution >= 0.6 is 0 Å². The predicted molar refractivity (Wildman–Crippen MR) is 66.7 cm³/mol. The highest BCUT2D eigenvalue weighted by molar-refractivity contribution is 4.78. The summed E-state index contributed by atoms with van der Waals surface area (Å²) < 4.78 is 5.67. The fourth-order valence-corrected chi connectivity index (χ4v) is 2.88. The fraction of sp³-hybridized carbons (Fsp3) is 1.00. The molecule has 3 nitrogen and oxygen atoms in total. The van der Waals surface area contributed by atoms with E-state index in [9.17, 15) is 0 Å². The lowest BCUT2D eigenvalue weighted by Gasteiger charge is -2.32. The van der Waals surface area contributed by atoms with E-state index >= 15 is 0 Å². The molecule has 0 bridgehead atoms. The Kier molecular flexibility index (Phi) is 5.07. The van der Waals surface area contributed by atoms with Crippen molar-refractivity contribution in [3.63, 3.8) is 0 Å². The highest BCUT2D eigenvalue weighted by Gasteiger charge is 2.20. The third kappa shape index (κ3) is 3.72. The second-order valence-electron chi connectivity index (χ2n) is 5.08. The van der Waals surface area contributed by atoms with E-state index in [1.54, 1.807) is 0 Å². The minimum absolute atomic E-state index is 0.533. The normalized spacial score (nSPS) is 28.7. The number of likely N-dealkylation sites (tertiary alicyclic amines) is 1. The smallest absolute Gasteiger partial charge is 0.0599 e. The molecule has 2 saturated heterocycles. The number of rotatable bonds is 5. The number of nitrogens with zero attached hydrogens (tertiary/aromatic N) is 1. The lowest BCUT2D eigenvalue weighted by molar-refractivity contribution is 0.0137. The van der Waals surface area contributed by atoms with Crippen molar-refractivity contribution in [1.82, 2.24) is 10.2 Å². The zero-order valence-electron chi connectivity index (χ0n) is 10.6. The van der Waals surface area contributed by atoms with Gasteiger partial charge in [0.05, 0.1) is 6.10 Å². The first-order valence-corrected chi connectivity index (χ1v) is 6.96. The summed E-state index contributed by atoms with van der Waals surface area (Å²) in [6.07, 6.45) is 7.08. The van der Waals surface area contributed by atoms with Crippen LogP contribution in [0.1, 0.15) is 39.0 Å². The molecule has 0 spiro atoms. The van der Waals surface area contributed by atoms with Crippen LogP contribution in [0.4, 0.5) is 0 Å². The lowest BCUT2D eigenvalue weighted by atomic mass is 10.1. The van der Waals surface area contributed by atoms with E-state index in [2.05, 4.69) is 17.1 Å². The van der Waals surface area contributed by atoms with Crippen molar-refractivity contribution in [2.75, 3.05) is 32.8 Å². The molecule has 1 unspecified atom stereocenters. The molecule has 0 saturated carbocycles. The van der Waals surface area contributed by atoms with Crippen LogP contribution in [-0.2, 0) is 4.74 Å². The molecule has 2 aliphatic heterocycles. The molecule has 16 heavy (non-hydrogen) atoms. The minimum atomic E-state index is 0.533. The van der Waals surface area contributed by atoms with Crippen molar-refractivity contribution < 1.29 is 4.74 Å². The van der Waals surface area contributed by atoms with Gasteiger partial charge >= 0.3 is 0 Å². The molecule has 1 N–H and O–H groups in total. The molecule has 2 heterocycles. The molecule has 0 aliphatic carbocycles. The maximum Gasteiger partial charge on any atom is 0.0599 e. The van der Waals surface area contributed by atoms with Gasteiger partial charge in [-0.05, 0) is 52.1 Å². The fourth-order valence-electron chi connectivity index (χ4n) is 2.88. The molecule has 2 fully saturated rings. The maximum atomic E-state index is 5.67. The van der Waals surface area contributed by atoms with E-state index < -0.39 is 0 Å². The van der Waals surface area contributed by atoms with Gasteiger partial charge in [0, 0.05) is 25.7 Å².